The summed E-state index contributed by atoms with van der Waals surface area (Å²) in [7, 11) is 1.94. The lowest BCUT2D eigenvalue weighted by Crippen LogP contribution is -2.46. The first-order valence-electron chi connectivity index (χ1n) is 8.44. The average molecular weight is 320 g/mol. The van der Waals surface area contributed by atoms with Crippen molar-refractivity contribution in [3.63, 3.8) is 0 Å². The van der Waals surface area contributed by atoms with Crippen LogP contribution < -0.4 is 0 Å². The van der Waals surface area contributed by atoms with Crippen molar-refractivity contribution >= 4 is 5.91 Å². The summed E-state index contributed by atoms with van der Waals surface area (Å²) in [5.41, 5.74) is 1.22. The van der Waals surface area contributed by atoms with Crippen LogP contribution in [0.3, 0.4) is 0 Å². The zero-order valence-electron chi connectivity index (χ0n) is 13.6. The highest BCUT2D eigenvalue weighted by Crippen LogP contribution is 2.34. The third kappa shape index (κ3) is 3.00. The molecular weight excluding hydrogens is 296 g/mol. The van der Waals surface area contributed by atoms with Crippen LogP contribution in [0.15, 0.2) is 12.4 Å². The highest BCUT2D eigenvalue weighted by Gasteiger charge is 2.46. The minimum Gasteiger partial charge on any atom is -0.378 e. The number of amides is 1. The minimum atomic E-state index is -0.278. The maximum atomic E-state index is 12.6. The molecule has 23 heavy (non-hydrogen) atoms. The SMILES string of the molecule is Cn1cc(CN2CC[C@@H]3O[C@H](C(=O)N4CCOCC4)C[C@@H]32)cn1. The number of hydrogen-bond donors (Lipinski definition) is 0. The molecule has 0 bridgehead atoms. The van der Waals surface area contributed by atoms with Crippen molar-refractivity contribution < 1.29 is 14.3 Å². The lowest BCUT2D eigenvalue weighted by molar-refractivity contribution is -0.146. The molecule has 0 radical (unpaired) electrons. The lowest BCUT2D eigenvalue weighted by Gasteiger charge is -2.29. The maximum absolute atomic E-state index is 12.6. The van der Waals surface area contributed by atoms with Crippen LogP contribution in [0.25, 0.3) is 0 Å². The molecule has 0 saturated carbocycles. The normalized spacial score (nSPS) is 31.5. The first-order valence-corrected chi connectivity index (χ1v) is 8.44. The topological polar surface area (TPSA) is 59.8 Å². The van der Waals surface area contributed by atoms with Gasteiger partial charge in [-0.1, -0.05) is 0 Å². The number of hydrogen-bond acceptors (Lipinski definition) is 5. The van der Waals surface area contributed by atoms with Gasteiger partial charge in [0.25, 0.3) is 5.91 Å². The largest absolute Gasteiger partial charge is 0.378 e. The van der Waals surface area contributed by atoms with E-state index in [1.54, 1.807) is 0 Å². The molecule has 4 rings (SSSR count). The summed E-state index contributed by atoms with van der Waals surface area (Å²) in [4.78, 5) is 16.9. The molecule has 0 unspecified atom stereocenters. The zero-order chi connectivity index (χ0) is 15.8. The molecule has 0 spiro atoms. The number of carbonyl (C=O) groups excluding carboxylic acids is 1. The number of nitrogens with zero attached hydrogens (tertiary/aromatic N) is 4. The first kappa shape index (κ1) is 15.1. The van der Waals surface area contributed by atoms with Crippen LogP contribution in [0.5, 0.6) is 0 Å². The number of aromatic nitrogens is 2. The van der Waals surface area contributed by atoms with Gasteiger partial charge in [0.1, 0.15) is 6.10 Å². The van der Waals surface area contributed by atoms with Gasteiger partial charge in [0.2, 0.25) is 0 Å². The van der Waals surface area contributed by atoms with Crippen molar-refractivity contribution in [2.24, 2.45) is 7.05 Å². The molecule has 126 valence electrons. The molecule has 3 saturated heterocycles. The zero-order valence-corrected chi connectivity index (χ0v) is 13.6. The quantitative estimate of drug-likeness (QED) is 0.785. The Morgan fingerprint density at radius 3 is 2.91 bits per heavy atom. The van der Waals surface area contributed by atoms with Gasteiger partial charge in [0.05, 0.1) is 25.5 Å². The van der Waals surface area contributed by atoms with Crippen LogP contribution >= 0.6 is 0 Å². The third-order valence-electron chi connectivity index (χ3n) is 5.14. The predicted molar refractivity (Wildman–Crippen MR) is 82.7 cm³/mol. The van der Waals surface area contributed by atoms with E-state index >= 15 is 0 Å². The van der Waals surface area contributed by atoms with Gasteiger partial charge in [-0.25, -0.2) is 0 Å². The number of aryl methyl sites for hydroxylation is 1. The molecule has 3 aliphatic rings. The lowest BCUT2D eigenvalue weighted by atomic mass is 10.1. The van der Waals surface area contributed by atoms with E-state index in [2.05, 4.69) is 16.2 Å². The Morgan fingerprint density at radius 1 is 1.35 bits per heavy atom. The van der Waals surface area contributed by atoms with Crippen LogP contribution in [0.1, 0.15) is 18.4 Å². The molecule has 1 amide bonds. The second-order valence-corrected chi connectivity index (χ2v) is 6.69. The Morgan fingerprint density at radius 2 is 2.17 bits per heavy atom. The van der Waals surface area contributed by atoms with Crippen molar-refractivity contribution in [1.29, 1.82) is 0 Å². The van der Waals surface area contributed by atoms with E-state index in [9.17, 15) is 4.79 Å². The Hall–Kier alpha value is -1.44. The Balaban J connectivity index is 1.37. The number of morpholine rings is 1. The number of ether oxygens (including phenoxy) is 2. The van der Waals surface area contributed by atoms with Crippen molar-refractivity contribution in [2.75, 3.05) is 32.8 Å². The van der Waals surface area contributed by atoms with E-state index in [4.69, 9.17) is 9.47 Å². The standard InChI is InChI=1S/C16H24N4O3/c1-18-10-12(9-17-18)11-20-3-2-14-13(20)8-15(23-14)16(21)19-4-6-22-7-5-19/h9-10,13-15H,2-8,11H2,1H3/t13-,14-,15-/m0/s1. The number of likely N-dealkylation sites (tertiary alicyclic amines) is 1. The highest BCUT2D eigenvalue weighted by molar-refractivity contribution is 5.81. The second kappa shape index (κ2) is 6.22. The molecule has 0 N–H and O–H groups in total. The van der Waals surface area contributed by atoms with Crippen molar-refractivity contribution in [1.82, 2.24) is 19.6 Å². The van der Waals surface area contributed by atoms with Crippen LogP contribution in [0.4, 0.5) is 0 Å². The van der Waals surface area contributed by atoms with Crippen LogP contribution in [-0.2, 0) is 27.9 Å². The third-order valence-corrected chi connectivity index (χ3v) is 5.14. The van der Waals surface area contributed by atoms with Crippen molar-refractivity contribution in [3.05, 3.63) is 18.0 Å². The predicted octanol–water partition coefficient (Wildman–Crippen LogP) is 0.0107. The maximum Gasteiger partial charge on any atom is 0.251 e. The van der Waals surface area contributed by atoms with Crippen molar-refractivity contribution in [2.45, 2.75) is 37.6 Å². The summed E-state index contributed by atoms with van der Waals surface area (Å²) in [6.45, 7) is 4.57. The molecule has 3 atom stereocenters. The Bertz CT molecular complexity index is 569. The van der Waals surface area contributed by atoms with E-state index in [0.717, 1.165) is 25.9 Å². The van der Waals surface area contributed by atoms with Gasteiger partial charge in [0.15, 0.2) is 0 Å². The van der Waals surface area contributed by atoms with E-state index in [1.165, 1.54) is 5.56 Å². The smallest absolute Gasteiger partial charge is 0.251 e. The Kier molecular flexibility index (Phi) is 4.09. The fraction of sp³-hybridized carbons (Fsp3) is 0.750. The van der Waals surface area contributed by atoms with Crippen LogP contribution in [-0.4, -0.2) is 76.6 Å². The van der Waals surface area contributed by atoms with Crippen LogP contribution in [0.2, 0.25) is 0 Å². The molecule has 0 aromatic carbocycles. The van der Waals surface area contributed by atoms with Crippen LogP contribution in [0, 0.1) is 0 Å². The molecule has 3 aliphatic heterocycles. The summed E-state index contributed by atoms with van der Waals surface area (Å²) in [5, 5.41) is 4.23. The summed E-state index contributed by atoms with van der Waals surface area (Å²) in [5.74, 6) is 0.143. The van der Waals surface area contributed by atoms with Gasteiger partial charge in [-0.15, -0.1) is 0 Å². The first-order chi connectivity index (χ1) is 11.2. The number of rotatable bonds is 3. The molecule has 7 nitrogen and oxygen atoms in total. The summed E-state index contributed by atoms with van der Waals surface area (Å²) in [6, 6.07) is 0.352. The van der Waals surface area contributed by atoms with E-state index in [-0.39, 0.29) is 18.1 Å². The monoisotopic (exact) mass is 320 g/mol. The van der Waals surface area contributed by atoms with E-state index in [0.29, 0.717) is 32.3 Å². The fourth-order valence-corrected chi connectivity index (χ4v) is 3.96. The fourth-order valence-electron chi connectivity index (χ4n) is 3.96. The number of carbonyl (C=O) groups is 1. The number of fused-ring (bicyclic) bond motifs is 1. The van der Waals surface area contributed by atoms with Crippen molar-refractivity contribution in [3.8, 4) is 0 Å². The molecule has 1 aromatic rings. The highest BCUT2D eigenvalue weighted by atomic mass is 16.5. The van der Waals surface area contributed by atoms with Gasteiger partial charge in [-0.05, 0) is 6.42 Å². The molecule has 3 fully saturated rings. The molecule has 0 aliphatic carbocycles. The average Bonchev–Trinajstić information content (AvgIpc) is 3.25. The van der Waals surface area contributed by atoms with Gasteiger partial charge in [-0.2, -0.15) is 5.10 Å². The minimum absolute atomic E-state index is 0.143. The second-order valence-electron chi connectivity index (χ2n) is 6.69. The van der Waals surface area contributed by atoms with Gasteiger partial charge in [-0.3, -0.25) is 14.4 Å². The molecule has 4 heterocycles. The molecule has 1 aromatic heterocycles. The molecule has 7 heteroatoms. The van der Waals surface area contributed by atoms with E-state index in [1.807, 2.05) is 22.8 Å². The van der Waals surface area contributed by atoms with Gasteiger partial charge in [0, 0.05) is 57.4 Å². The molecular formula is C16H24N4O3. The Labute approximate surface area is 136 Å². The summed E-state index contributed by atoms with van der Waals surface area (Å²) < 4.78 is 13.2. The summed E-state index contributed by atoms with van der Waals surface area (Å²) in [6.07, 6.45) is 5.71. The summed E-state index contributed by atoms with van der Waals surface area (Å²) >= 11 is 0. The van der Waals surface area contributed by atoms with E-state index < -0.39 is 0 Å². The van der Waals surface area contributed by atoms with Gasteiger partial charge >= 0.3 is 0 Å². The van der Waals surface area contributed by atoms with Gasteiger partial charge < -0.3 is 14.4 Å².